The Morgan fingerprint density at radius 3 is 2.20 bits per heavy atom. The van der Waals surface area contributed by atoms with E-state index in [9.17, 15) is 13.2 Å². The fourth-order valence-corrected chi connectivity index (χ4v) is 4.72. The van der Waals surface area contributed by atoms with Crippen LogP contribution >= 0.6 is 0 Å². The maximum atomic E-state index is 12.8. The largest absolute Gasteiger partial charge is 0.339 e. The van der Waals surface area contributed by atoms with Crippen LogP contribution in [0.5, 0.6) is 0 Å². The van der Waals surface area contributed by atoms with Crippen molar-refractivity contribution in [1.29, 1.82) is 0 Å². The molecule has 1 heterocycles. The van der Waals surface area contributed by atoms with Crippen molar-refractivity contribution in [2.24, 2.45) is 5.92 Å². The summed E-state index contributed by atoms with van der Waals surface area (Å²) in [5, 5.41) is 3.15. The molecule has 0 bridgehead atoms. The van der Waals surface area contributed by atoms with E-state index in [1.165, 1.54) is 0 Å². The van der Waals surface area contributed by atoms with Crippen molar-refractivity contribution in [1.82, 2.24) is 14.5 Å². The van der Waals surface area contributed by atoms with E-state index in [0.29, 0.717) is 37.7 Å². The third kappa shape index (κ3) is 4.59. The second kappa shape index (κ2) is 8.78. The van der Waals surface area contributed by atoms with Crippen molar-refractivity contribution in [3.63, 3.8) is 0 Å². The molecule has 25 heavy (non-hydrogen) atoms. The lowest BCUT2D eigenvalue weighted by Crippen LogP contribution is -2.40. The van der Waals surface area contributed by atoms with Crippen LogP contribution in [0.2, 0.25) is 0 Å². The fourth-order valence-electron chi connectivity index (χ4n) is 3.25. The van der Waals surface area contributed by atoms with Crippen LogP contribution in [-0.2, 0) is 10.0 Å². The van der Waals surface area contributed by atoms with Gasteiger partial charge in [-0.25, -0.2) is 8.42 Å². The second-order valence-electron chi connectivity index (χ2n) is 6.41. The van der Waals surface area contributed by atoms with Crippen molar-refractivity contribution >= 4 is 15.9 Å². The molecule has 0 spiro atoms. The molecule has 0 radical (unpaired) electrons. The van der Waals surface area contributed by atoms with E-state index in [1.807, 2.05) is 20.9 Å². The van der Waals surface area contributed by atoms with Gasteiger partial charge in [-0.1, -0.05) is 0 Å². The number of carbonyl (C=O) groups is 1. The number of rotatable bonds is 7. The summed E-state index contributed by atoms with van der Waals surface area (Å²) in [6.07, 6.45) is 1.75. The molecule has 1 fully saturated rings. The van der Waals surface area contributed by atoms with E-state index >= 15 is 0 Å². The van der Waals surface area contributed by atoms with Crippen molar-refractivity contribution in [2.75, 3.05) is 39.8 Å². The average Bonchev–Trinajstić information content (AvgIpc) is 2.63. The predicted octanol–water partition coefficient (Wildman–Crippen LogP) is 1.79. The molecule has 0 atom stereocenters. The Morgan fingerprint density at radius 1 is 1.16 bits per heavy atom. The average molecular weight is 368 g/mol. The minimum Gasteiger partial charge on any atom is -0.339 e. The van der Waals surface area contributed by atoms with E-state index in [1.54, 1.807) is 33.5 Å². The van der Waals surface area contributed by atoms with Gasteiger partial charge in [0.25, 0.3) is 5.91 Å². The Labute approximate surface area is 151 Å². The molecule has 2 rings (SSSR count). The van der Waals surface area contributed by atoms with Gasteiger partial charge < -0.3 is 10.2 Å². The smallest absolute Gasteiger partial charge is 0.253 e. The van der Waals surface area contributed by atoms with Crippen molar-refractivity contribution < 1.29 is 13.2 Å². The van der Waals surface area contributed by atoms with Crippen LogP contribution in [0.15, 0.2) is 29.2 Å². The van der Waals surface area contributed by atoms with Gasteiger partial charge in [-0.15, -0.1) is 0 Å². The first-order valence-corrected chi connectivity index (χ1v) is 10.4. The summed E-state index contributed by atoms with van der Waals surface area (Å²) >= 11 is 0. The number of benzene rings is 1. The molecular formula is C18H29N3O3S. The van der Waals surface area contributed by atoms with Crippen LogP contribution in [0.3, 0.4) is 0 Å². The van der Waals surface area contributed by atoms with Crippen LogP contribution in [0.25, 0.3) is 0 Å². The molecule has 0 unspecified atom stereocenters. The summed E-state index contributed by atoms with van der Waals surface area (Å²) in [6, 6.07) is 6.32. The molecule has 140 valence electrons. The third-order valence-corrected chi connectivity index (χ3v) is 6.77. The van der Waals surface area contributed by atoms with Crippen LogP contribution in [-0.4, -0.2) is 63.3 Å². The lowest BCUT2D eigenvalue weighted by Gasteiger charge is -2.31. The van der Waals surface area contributed by atoms with Crippen LogP contribution < -0.4 is 5.32 Å². The Bertz CT molecular complexity index is 661. The van der Waals surface area contributed by atoms with Gasteiger partial charge in [-0.3, -0.25) is 4.79 Å². The van der Waals surface area contributed by atoms with Crippen LogP contribution in [0.1, 0.15) is 37.0 Å². The van der Waals surface area contributed by atoms with E-state index in [2.05, 4.69) is 5.32 Å². The van der Waals surface area contributed by atoms with Gasteiger partial charge in [0.05, 0.1) is 4.90 Å². The summed E-state index contributed by atoms with van der Waals surface area (Å²) in [6.45, 7) is 7.16. The van der Waals surface area contributed by atoms with E-state index in [-0.39, 0.29) is 10.8 Å². The topological polar surface area (TPSA) is 69.7 Å². The number of nitrogens with one attached hydrogen (secondary N) is 1. The maximum absolute atomic E-state index is 12.8. The fraction of sp³-hybridized carbons (Fsp3) is 0.611. The van der Waals surface area contributed by atoms with Gasteiger partial charge in [-0.05, 0) is 70.5 Å². The first kappa shape index (κ1) is 19.9. The van der Waals surface area contributed by atoms with Crippen molar-refractivity contribution in [3.8, 4) is 0 Å². The molecule has 0 saturated carbocycles. The molecule has 1 saturated heterocycles. The SMILES string of the molecule is CCN(CC)C(=O)c1ccc(S(=O)(=O)N2CCC(CNC)CC2)cc1. The summed E-state index contributed by atoms with van der Waals surface area (Å²) in [4.78, 5) is 14.3. The normalized spacial score (nSPS) is 16.8. The Kier molecular flexibility index (Phi) is 6.98. The molecule has 1 aromatic rings. The number of amides is 1. The second-order valence-corrected chi connectivity index (χ2v) is 8.34. The Hall–Kier alpha value is -1.44. The number of carbonyl (C=O) groups excluding carboxylic acids is 1. The van der Waals surface area contributed by atoms with Gasteiger partial charge in [0.2, 0.25) is 10.0 Å². The van der Waals surface area contributed by atoms with E-state index < -0.39 is 10.0 Å². The Balaban J connectivity index is 2.09. The molecule has 1 N–H and O–H groups in total. The predicted molar refractivity (Wildman–Crippen MR) is 99.1 cm³/mol. The highest BCUT2D eigenvalue weighted by atomic mass is 32.2. The number of hydrogen-bond donors (Lipinski definition) is 1. The summed E-state index contributed by atoms with van der Waals surface area (Å²) < 4.78 is 27.1. The molecule has 6 nitrogen and oxygen atoms in total. The van der Waals surface area contributed by atoms with Gasteiger partial charge >= 0.3 is 0 Å². The van der Waals surface area contributed by atoms with Crippen molar-refractivity contribution in [3.05, 3.63) is 29.8 Å². The molecule has 1 aliphatic heterocycles. The number of sulfonamides is 1. The van der Waals surface area contributed by atoms with Crippen molar-refractivity contribution in [2.45, 2.75) is 31.6 Å². The third-order valence-electron chi connectivity index (χ3n) is 4.86. The first-order valence-electron chi connectivity index (χ1n) is 8.98. The Morgan fingerprint density at radius 2 is 1.72 bits per heavy atom. The van der Waals surface area contributed by atoms with Gasteiger partial charge in [0, 0.05) is 31.7 Å². The molecule has 0 aliphatic carbocycles. The monoisotopic (exact) mass is 367 g/mol. The molecule has 1 aromatic carbocycles. The minimum absolute atomic E-state index is 0.0678. The zero-order valence-corrected chi connectivity index (χ0v) is 16.2. The molecule has 1 aliphatic rings. The quantitative estimate of drug-likeness (QED) is 0.798. The zero-order valence-electron chi connectivity index (χ0n) is 15.4. The lowest BCUT2D eigenvalue weighted by molar-refractivity contribution is 0.0773. The van der Waals surface area contributed by atoms with Crippen LogP contribution in [0.4, 0.5) is 0 Å². The first-order chi connectivity index (χ1) is 11.9. The highest BCUT2D eigenvalue weighted by Gasteiger charge is 2.29. The van der Waals surface area contributed by atoms with E-state index in [4.69, 9.17) is 0 Å². The number of hydrogen-bond acceptors (Lipinski definition) is 4. The standard InChI is InChI=1S/C18H29N3O3S/c1-4-20(5-2)18(22)16-6-8-17(9-7-16)25(23,24)21-12-10-15(11-13-21)14-19-3/h6-9,15,19H,4-5,10-14H2,1-3H3. The number of nitrogens with zero attached hydrogens (tertiary/aromatic N) is 2. The highest BCUT2D eigenvalue weighted by Crippen LogP contribution is 2.24. The highest BCUT2D eigenvalue weighted by molar-refractivity contribution is 7.89. The van der Waals surface area contributed by atoms with Gasteiger partial charge in [-0.2, -0.15) is 4.31 Å². The van der Waals surface area contributed by atoms with Gasteiger partial charge in [0.1, 0.15) is 0 Å². The molecule has 0 aromatic heterocycles. The number of piperidine rings is 1. The maximum Gasteiger partial charge on any atom is 0.253 e. The van der Waals surface area contributed by atoms with E-state index in [0.717, 1.165) is 19.4 Å². The molecule has 7 heteroatoms. The molecular weight excluding hydrogens is 338 g/mol. The summed E-state index contributed by atoms with van der Waals surface area (Å²) in [5.41, 5.74) is 0.523. The zero-order chi connectivity index (χ0) is 18.4. The van der Waals surface area contributed by atoms with Gasteiger partial charge in [0.15, 0.2) is 0 Å². The summed E-state index contributed by atoms with van der Waals surface area (Å²) in [7, 11) is -1.57. The molecule has 1 amide bonds. The lowest BCUT2D eigenvalue weighted by atomic mass is 9.98. The van der Waals surface area contributed by atoms with Crippen LogP contribution in [0, 0.1) is 5.92 Å². The minimum atomic E-state index is -3.49. The summed E-state index contributed by atoms with van der Waals surface area (Å²) in [5.74, 6) is 0.465.